The van der Waals surface area contributed by atoms with E-state index in [1.54, 1.807) is 29.1 Å². The molecule has 0 spiro atoms. The second kappa shape index (κ2) is 16.0. The van der Waals surface area contributed by atoms with Gasteiger partial charge >= 0.3 is 12.1 Å². The van der Waals surface area contributed by atoms with Crippen LogP contribution in [0.4, 0.5) is 21.1 Å². The molecule has 4 heterocycles. The van der Waals surface area contributed by atoms with Crippen molar-refractivity contribution in [1.29, 1.82) is 0 Å². The summed E-state index contributed by atoms with van der Waals surface area (Å²) >= 11 is 0. The average molecular weight is 708 g/mol. The number of hydrogen-bond donors (Lipinski definition) is 4. The van der Waals surface area contributed by atoms with Gasteiger partial charge in [-0.2, -0.15) is 0 Å². The van der Waals surface area contributed by atoms with Crippen molar-refractivity contribution >= 4 is 35.4 Å². The summed E-state index contributed by atoms with van der Waals surface area (Å²) in [6.07, 6.45) is 4.43. The molecule has 2 aromatic carbocycles. The molecule has 2 aromatic heterocycles. The van der Waals surface area contributed by atoms with Gasteiger partial charge in [0.25, 0.3) is 5.91 Å². The maximum Gasteiger partial charge on any atom is 0.407 e. The summed E-state index contributed by atoms with van der Waals surface area (Å²) in [5.74, 6) is 0.990. The van der Waals surface area contributed by atoms with Crippen LogP contribution in [0.1, 0.15) is 48.9 Å². The van der Waals surface area contributed by atoms with E-state index in [-0.39, 0.29) is 29.8 Å². The zero-order valence-corrected chi connectivity index (χ0v) is 29.9. The third-order valence-corrected chi connectivity index (χ3v) is 9.61. The molecular formula is C38H45N9O5. The van der Waals surface area contributed by atoms with Crippen LogP contribution in [0.5, 0.6) is 0 Å². The molecule has 0 bridgehead atoms. The normalized spacial score (nSPS) is 16.4. The van der Waals surface area contributed by atoms with Gasteiger partial charge in [-0.05, 0) is 54.2 Å². The van der Waals surface area contributed by atoms with Crippen molar-refractivity contribution in [3.05, 3.63) is 84.4 Å². The zero-order valence-electron chi connectivity index (χ0n) is 29.9. The number of benzene rings is 2. The lowest BCUT2D eigenvalue weighted by molar-refractivity contribution is -0.135. The maximum atomic E-state index is 13.5. The van der Waals surface area contributed by atoms with Crippen LogP contribution in [0.3, 0.4) is 0 Å². The first-order valence-corrected chi connectivity index (χ1v) is 17.5. The van der Waals surface area contributed by atoms with Crippen LogP contribution in [0.25, 0.3) is 22.4 Å². The number of amides is 5. The highest BCUT2D eigenvalue weighted by molar-refractivity contribution is 6.04. The largest absolute Gasteiger partial charge is 0.453 e. The Balaban J connectivity index is 1.04. The smallest absolute Gasteiger partial charge is 0.407 e. The van der Waals surface area contributed by atoms with E-state index < -0.39 is 12.1 Å². The number of aromatic amines is 1. The summed E-state index contributed by atoms with van der Waals surface area (Å²) in [6.45, 7) is 6.95. The molecule has 2 aliphatic rings. The van der Waals surface area contributed by atoms with Gasteiger partial charge in [-0.25, -0.2) is 19.6 Å². The van der Waals surface area contributed by atoms with Crippen molar-refractivity contribution < 1.29 is 23.9 Å². The number of methoxy groups -OCH3 is 1. The van der Waals surface area contributed by atoms with Gasteiger partial charge < -0.3 is 40.4 Å². The van der Waals surface area contributed by atoms with Crippen molar-refractivity contribution in [2.24, 2.45) is 5.92 Å². The summed E-state index contributed by atoms with van der Waals surface area (Å²) in [7, 11) is 2.91. The lowest BCUT2D eigenvalue weighted by atomic mass is 10.0. The van der Waals surface area contributed by atoms with E-state index in [4.69, 9.17) is 9.72 Å². The molecule has 0 aliphatic carbocycles. The van der Waals surface area contributed by atoms with E-state index in [2.05, 4.69) is 30.8 Å². The number of H-pyrrole nitrogens is 1. The van der Waals surface area contributed by atoms with E-state index >= 15 is 0 Å². The number of hydrogen-bond acceptors (Lipinski definition) is 8. The minimum absolute atomic E-state index is 0.0804. The summed E-state index contributed by atoms with van der Waals surface area (Å²) in [5.41, 5.74) is 4.84. The number of likely N-dealkylation sites (tertiary alicyclic amines) is 1. The molecule has 14 heteroatoms. The molecule has 2 saturated heterocycles. The molecule has 5 amide bonds. The zero-order chi connectivity index (χ0) is 36.8. The highest BCUT2D eigenvalue weighted by atomic mass is 16.5. The Morgan fingerprint density at radius 3 is 2.17 bits per heavy atom. The Morgan fingerprint density at radius 1 is 0.885 bits per heavy atom. The molecule has 0 radical (unpaired) electrons. The minimum atomic E-state index is -0.688. The van der Waals surface area contributed by atoms with Crippen LogP contribution in [-0.2, 0) is 9.53 Å². The SMILES string of the molecule is CNC(=O)N1CCN(c2ccc(C(=O)Nc3ccc(-c4ccc(-c5c[nH]c([C@@H]6CCCN6C(=O)[C@@H](NC(=O)OC)C(C)C)n5)cc4)cc3)cn2)CC1. The molecule has 0 unspecified atom stereocenters. The first-order chi connectivity index (χ1) is 25.1. The summed E-state index contributed by atoms with van der Waals surface area (Å²) in [6, 6.07) is 18.4. The van der Waals surface area contributed by atoms with Gasteiger partial charge in [-0.15, -0.1) is 0 Å². The molecule has 14 nitrogen and oxygen atoms in total. The Kier molecular flexibility index (Phi) is 11.0. The summed E-state index contributed by atoms with van der Waals surface area (Å²) in [4.78, 5) is 68.5. The van der Waals surface area contributed by atoms with Gasteiger partial charge in [0.05, 0.1) is 24.4 Å². The molecule has 6 rings (SSSR count). The highest BCUT2D eigenvalue weighted by Gasteiger charge is 2.37. The van der Waals surface area contributed by atoms with Crippen molar-refractivity contribution in [1.82, 2.24) is 35.4 Å². The lowest BCUT2D eigenvalue weighted by Crippen LogP contribution is -2.51. The van der Waals surface area contributed by atoms with Crippen molar-refractivity contribution in [2.75, 3.05) is 57.1 Å². The van der Waals surface area contributed by atoms with E-state index in [0.29, 0.717) is 49.8 Å². The van der Waals surface area contributed by atoms with Gasteiger partial charge in [0.2, 0.25) is 5.91 Å². The number of aromatic nitrogens is 3. The summed E-state index contributed by atoms with van der Waals surface area (Å²) in [5, 5.41) is 8.28. The molecular weight excluding hydrogens is 662 g/mol. The lowest BCUT2D eigenvalue weighted by Gasteiger charge is -2.35. The standard InChI is InChI=1S/C38H45N9O5/c1-24(2)33(44-38(51)52-4)36(49)47-17-5-6-31(47)34-41-23-30(43-34)27-9-7-25(8-10-27)26-11-14-29(15-12-26)42-35(48)28-13-16-32(40-22-28)45-18-20-46(21-19-45)37(50)39-3/h7-16,22-24,31,33H,5-6,17-21H2,1-4H3,(H,39,50)(H,41,43)(H,42,48)(H,44,51)/t31-,33-/m0/s1. The molecule has 2 atom stereocenters. The third-order valence-electron chi connectivity index (χ3n) is 9.61. The third kappa shape index (κ3) is 8.01. The van der Waals surface area contributed by atoms with Crippen LogP contribution in [0.2, 0.25) is 0 Å². The van der Waals surface area contributed by atoms with E-state index in [1.807, 2.05) is 74.6 Å². The van der Waals surface area contributed by atoms with Crippen LogP contribution in [0, 0.1) is 5.92 Å². The first kappa shape index (κ1) is 35.9. The Morgan fingerprint density at radius 2 is 1.56 bits per heavy atom. The van der Waals surface area contributed by atoms with Crippen LogP contribution < -0.4 is 20.9 Å². The van der Waals surface area contributed by atoms with E-state index in [0.717, 1.165) is 41.0 Å². The van der Waals surface area contributed by atoms with Gasteiger partial charge in [0.1, 0.15) is 17.7 Å². The first-order valence-electron chi connectivity index (χ1n) is 17.5. The molecule has 2 fully saturated rings. The monoisotopic (exact) mass is 707 g/mol. The number of pyridine rings is 1. The Bertz CT molecular complexity index is 1870. The number of nitrogens with zero attached hydrogens (tertiary/aromatic N) is 5. The van der Waals surface area contributed by atoms with Crippen molar-refractivity contribution in [3.63, 3.8) is 0 Å². The van der Waals surface area contributed by atoms with E-state index in [1.165, 1.54) is 7.11 Å². The van der Waals surface area contributed by atoms with Crippen LogP contribution >= 0.6 is 0 Å². The highest BCUT2D eigenvalue weighted by Crippen LogP contribution is 2.33. The number of anilines is 2. The number of ether oxygens (including phenoxy) is 1. The predicted molar refractivity (Wildman–Crippen MR) is 198 cm³/mol. The molecule has 2 aliphatic heterocycles. The predicted octanol–water partition coefficient (Wildman–Crippen LogP) is 4.90. The van der Waals surface area contributed by atoms with Gasteiger partial charge in [-0.3, -0.25) is 9.59 Å². The van der Waals surface area contributed by atoms with E-state index in [9.17, 15) is 19.2 Å². The summed E-state index contributed by atoms with van der Waals surface area (Å²) < 4.78 is 4.74. The number of rotatable bonds is 9. The van der Waals surface area contributed by atoms with Gasteiger partial charge in [-0.1, -0.05) is 50.2 Å². The number of carbonyl (C=O) groups excluding carboxylic acids is 4. The fourth-order valence-electron chi connectivity index (χ4n) is 6.63. The number of alkyl carbamates (subject to hydrolysis) is 1. The molecule has 0 saturated carbocycles. The Hall–Kier alpha value is -5.92. The maximum absolute atomic E-state index is 13.5. The molecule has 272 valence electrons. The van der Waals surface area contributed by atoms with Crippen LogP contribution in [-0.4, -0.2) is 102 Å². The van der Waals surface area contributed by atoms with Gasteiger partial charge in [0.15, 0.2) is 0 Å². The number of piperazine rings is 1. The number of imidazole rings is 1. The number of carbonyl (C=O) groups is 4. The average Bonchev–Trinajstić information content (AvgIpc) is 3.87. The molecule has 4 aromatic rings. The second-order valence-corrected chi connectivity index (χ2v) is 13.3. The van der Waals surface area contributed by atoms with Gasteiger partial charge in [0, 0.05) is 63.4 Å². The second-order valence-electron chi connectivity index (χ2n) is 13.3. The van der Waals surface area contributed by atoms with Crippen molar-refractivity contribution in [2.45, 2.75) is 38.8 Å². The molecule has 4 N–H and O–H groups in total. The topological polar surface area (TPSA) is 165 Å². The molecule has 52 heavy (non-hydrogen) atoms. The minimum Gasteiger partial charge on any atom is -0.453 e. The number of urea groups is 1. The van der Waals surface area contributed by atoms with Crippen molar-refractivity contribution in [3.8, 4) is 22.4 Å². The Labute approximate surface area is 302 Å². The van der Waals surface area contributed by atoms with Crippen LogP contribution in [0.15, 0.2) is 73.1 Å². The fourth-order valence-corrected chi connectivity index (χ4v) is 6.63. The fraction of sp³-hybridized carbons (Fsp3) is 0.368. The quantitative estimate of drug-likeness (QED) is 0.191. The number of nitrogens with one attached hydrogen (secondary N) is 4.